The third kappa shape index (κ3) is 4.20. The predicted molar refractivity (Wildman–Crippen MR) is 206 cm³/mol. The number of benzene rings is 8. The van der Waals surface area contributed by atoms with Gasteiger partial charge in [0.05, 0.1) is 5.69 Å². The molecule has 0 spiro atoms. The molecule has 0 aliphatic heterocycles. The standard InChI is InChI=1S/C47H33NO/c1-47(2)41-20-7-5-18-39(41)46-42(47)21-11-22-43(46)48(34-15-9-14-32(26-34)37-19-10-13-30-12-3-4-16-36(30)37)35-25-24-31-28-40-38-17-6-8-23-44(38)49-45(40)29-33(31)27-35/h3-29H,1-2H3. The number of rotatable bonds is 4. The summed E-state index contributed by atoms with van der Waals surface area (Å²) in [5.41, 5.74) is 12.9. The van der Waals surface area contributed by atoms with Crippen LogP contribution in [0.25, 0.3) is 65.7 Å². The maximum atomic E-state index is 6.34. The minimum absolute atomic E-state index is 0.102. The second kappa shape index (κ2) is 10.4. The Hall–Kier alpha value is -6.12. The van der Waals surface area contributed by atoms with Crippen LogP contribution < -0.4 is 4.90 Å². The van der Waals surface area contributed by atoms with Crippen molar-refractivity contribution in [2.75, 3.05) is 4.90 Å². The second-order valence-electron chi connectivity index (χ2n) is 13.8. The molecule has 9 aromatic rings. The summed E-state index contributed by atoms with van der Waals surface area (Å²) in [7, 11) is 0. The molecule has 0 unspecified atom stereocenters. The molecule has 0 radical (unpaired) electrons. The van der Waals surface area contributed by atoms with Crippen molar-refractivity contribution in [3.63, 3.8) is 0 Å². The van der Waals surface area contributed by atoms with Crippen molar-refractivity contribution in [2.45, 2.75) is 19.3 Å². The highest BCUT2D eigenvalue weighted by atomic mass is 16.3. The minimum Gasteiger partial charge on any atom is -0.456 e. The molecule has 8 aromatic carbocycles. The van der Waals surface area contributed by atoms with Crippen LogP contribution in [-0.2, 0) is 5.41 Å². The van der Waals surface area contributed by atoms with Gasteiger partial charge in [-0.2, -0.15) is 0 Å². The Bertz CT molecular complexity index is 2760. The third-order valence-electron chi connectivity index (χ3n) is 10.6. The topological polar surface area (TPSA) is 16.4 Å². The van der Waals surface area contributed by atoms with E-state index in [2.05, 4.69) is 170 Å². The molecule has 1 heterocycles. The molecule has 0 saturated carbocycles. The number of hydrogen-bond acceptors (Lipinski definition) is 2. The van der Waals surface area contributed by atoms with E-state index in [1.807, 2.05) is 12.1 Å². The lowest BCUT2D eigenvalue weighted by molar-refractivity contribution is 0.660. The van der Waals surface area contributed by atoms with Crippen molar-refractivity contribution in [1.29, 1.82) is 0 Å². The zero-order chi connectivity index (χ0) is 32.7. The Morgan fingerprint density at radius 1 is 0.449 bits per heavy atom. The number of para-hydroxylation sites is 1. The first kappa shape index (κ1) is 27.9. The number of hydrogen-bond donors (Lipinski definition) is 0. The second-order valence-corrected chi connectivity index (χ2v) is 13.8. The van der Waals surface area contributed by atoms with Crippen LogP contribution in [0.1, 0.15) is 25.0 Å². The molecule has 1 aliphatic carbocycles. The van der Waals surface area contributed by atoms with E-state index in [4.69, 9.17) is 4.42 Å². The molecule has 2 nitrogen and oxygen atoms in total. The van der Waals surface area contributed by atoms with E-state index >= 15 is 0 Å². The van der Waals surface area contributed by atoms with E-state index in [-0.39, 0.29) is 5.41 Å². The summed E-state index contributed by atoms with van der Waals surface area (Å²) in [5, 5.41) is 7.13. The van der Waals surface area contributed by atoms with Crippen LogP contribution in [-0.4, -0.2) is 0 Å². The maximum Gasteiger partial charge on any atom is 0.136 e. The first-order chi connectivity index (χ1) is 24.0. The van der Waals surface area contributed by atoms with E-state index in [1.165, 1.54) is 55.2 Å². The van der Waals surface area contributed by atoms with E-state index in [0.29, 0.717) is 0 Å². The fourth-order valence-electron chi connectivity index (χ4n) is 8.23. The normalized spacial score (nSPS) is 13.3. The summed E-state index contributed by atoms with van der Waals surface area (Å²) in [6, 6.07) is 59.6. The highest BCUT2D eigenvalue weighted by molar-refractivity contribution is 6.10. The molecule has 1 aromatic heterocycles. The Balaban J connectivity index is 1.22. The van der Waals surface area contributed by atoms with Gasteiger partial charge < -0.3 is 9.32 Å². The van der Waals surface area contributed by atoms with Gasteiger partial charge in [0.25, 0.3) is 0 Å². The van der Waals surface area contributed by atoms with Crippen molar-refractivity contribution in [3.05, 3.63) is 175 Å². The zero-order valence-corrected chi connectivity index (χ0v) is 27.4. The van der Waals surface area contributed by atoms with Crippen LogP contribution >= 0.6 is 0 Å². The Labute approximate surface area is 285 Å². The highest BCUT2D eigenvalue weighted by Crippen LogP contribution is 2.54. The zero-order valence-electron chi connectivity index (χ0n) is 27.4. The predicted octanol–water partition coefficient (Wildman–Crippen LogP) is 13.3. The van der Waals surface area contributed by atoms with Gasteiger partial charge in [0.1, 0.15) is 11.2 Å². The molecule has 49 heavy (non-hydrogen) atoms. The van der Waals surface area contributed by atoms with Crippen molar-refractivity contribution in [1.82, 2.24) is 0 Å². The maximum absolute atomic E-state index is 6.34. The number of anilines is 3. The van der Waals surface area contributed by atoms with Gasteiger partial charge in [0.2, 0.25) is 0 Å². The smallest absolute Gasteiger partial charge is 0.136 e. The van der Waals surface area contributed by atoms with Crippen LogP contribution in [0.5, 0.6) is 0 Å². The van der Waals surface area contributed by atoms with Crippen LogP contribution in [0.2, 0.25) is 0 Å². The molecule has 0 amide bonds. The molecular weight excluding hydrogens is 595 g/mol. The molecule has 0 bridgehead atoms. The first-order valence-corrected chi connectivity index (χ1v) is 17.0. The van der Waals surface area contributed by atoms with Crippen molar-refractivity contribution in [2.24, 2.45) is 0 Å². The van der Waals surface area contributed by atoms with Crippen molar-refractivity contribution < 1.29 is 4.42 Å². The van der Waals surface area contributed by atoms with Gasteiger partial charge in [-0.3, -0.25) is 0 Å². The molecule has 1 aliphatic rings. The number of furan rings is 1. The lowest BCUT2D eigenvalue weighted by atomic mass is 9.82. The SMILES string of the molecule is CC1(C)c2ccccc2-c2c(N(c3cccc(-c4cccc5ccccc45)c3)c3ccc4cc5c(cc4c3)oc3ccccc35)cccc21. The summed E-state index contributed by atoms with van der Waals surface area (Å²) in [6.07, 6.45) is 0. The molecule has 0 saturated heterocycles. The van der Waals surface area contributed by atoms with E-state index in [1.54, 1.807) is 0 Å². The summed E-state index contributed by atoms with van der Waals surface area (Å²) < 4.78 is 6.34. The largest absolute Gasteiger partial charge is 0.456 e. The van der Waals surface area contributed by atoms with Gasteiger partial charge >= 0.3 is 0 Å². The molecule has 232 valence electrons. The average molecular weight is 628 g/mol. The number of fused-ring (bicyclic) bond motifs is 8. The summed E-state index contributed by atoms with van der Waals surface area (Å²) in [5.74, 6) is 0. The summed E-state index contributed by atoms with van der Waals surface area (Å²) in [4.78, 5) is 2.45. The van der Waals surface area contributed by atoms with E-state index in [9.17, 15) is 0 Å². The number of nitrogens with zero attached hydrogens (tertiary/aromatic N) is 1. The molecule has 10 rings (SSSR count). The Morgan fingerprint density at radius 3 is 2.10 bits per heavy atom. The molecule has 0 fully saturated rings. The van der Waals surface area contributed by atoms with Gasteiger partial charge in [-0.15, -0.1) is 0 Å². The van der Waals surface area contributed by atoms with Crippen molar-refractivity contribution in [3.8, 4) is 22.3 Å². The van der Waals surface area contributed by atoms with Crippen LogP contribution in [0, 0.1) is 0 Å². The third-order valence-corrected chi connectivity index (χ3v) is 10.6. The van der Waals surface area contributed by atoms with E-state index < -0.39 is 0 Å². The van der Waals surface area contributed by atoms with Crippen LogP contribution in [0.15, 0.2) is 168 Å². The lowest BCUT2D eigenvalue weighted by Crippen LogP contribution is -2.16. The molecular formula is C47H33NO. The Morgan fingerprint density at radius 2 is 1.16 bits per heavy atom. The minimum atomic E-state index is -0.102. The van der Waals surface area contributed by atoms with Gasteiger partial charge in [-0.1, -0.05) is 129 Å². The van der Waals surface area contributed by atoms with E-state index in [0.717, 1.165) is 38.7 Å². The van der Waals surface area contributed by atoms with Gasteiger partial charge in [0, 0.05) is 33.1 Å². The summed E-state index contributed by atoms with van der Waals surface area (Å²) in [6.45, 7) is 4.70. The fourth-order valence-corrected chi connectivity index (χ4v) is 8.23. The van der Waals surface area contributed by atoms with Crippen molar-refractivity contribution >= 4 is 60.5 Å². The van der Waals surface area contributed by atoms with Crippen LogP contribution in [0.3, 0.4) is 0 Å². The average Bonchev–Trinajstić information content (AvgIpc) is 3.62. The van der Waals surface area contributed by atoms with Gasteiger partial charge in [0.15, 0.2) is 0 Å². The molecule has 2 heteroatoms. The Kier molecular flexibility index (Phi) is 5.95. The van der Waals surface area contributed by atoms with Gasteiger partial charge in [-0.25, -0.2) is 0 Å². The first-order valence-electron chi connectivity index (χ1n) is 17.0. The van der Waals surface area contributed by atoms with Crippen LogP contribution in [0.4, 0.5) is 17.1 Å². The lowest BCUT2D eigenvalue weighted by Gasteiger charge is -2.29. The van der Waals surface area contributed by atoms with Gasteiger partial charge in [-0.05, 0) is 97.9 Å². The monoisotopic (exact) mass is 627 g/mol. The molecule has 0 atom stereocenters. The highest BCUT2D eigenvalue weighted by Gasteiger charge is 2.37. The fraction of sp³-hybridized carbons (Fsp3) is 0.0638. The molecule has 0 N–H and O–H groups in total. The summed E-state index contributed by atoms with van der Waals surface area (Å²) >= 11 is 0. The quantitative estimate of drug-likeness (QED) is 0.193.